The first-order valence-electron chi connectivity index (χ1n) is 15.4. The molecule has 9 rings (SSSR count). The van der Waals surface area contributed by atoms with Gasteiger partial charge in [-0.05, 0) is 90.3 Å². The van der Waals surface area contributed by atoms with Crippen LogP contribution in [0.15, 0.2) is 174 Å². The summed E-state index contributed by atoms with van der Waals surface area (Å²) in [5.41, 5.74) is 11.5. The van der Waals surface area contributed by atoms with Crippen LogP contribution in [0.2, 0.25) is 0 Å². The molecule has 0 bridgehead atoms. The fraction of sp³-hybridized carbons (Fsp3) is 0. The summed E-state index contributed by atoms with van der Waals surface area (Å²) in [6.45, 7) is 0. The lowest BCUT2D eigenvalue weighted by Gasteiger charge is -2.19. The first-order chi connectivity index (χ1) is 22.3. The molecule has 8 aromatic carbocycles. The van der Waals surface area contributed by atoms with Gasteiger partial charge in [0.05, 0.1) is 0 Å². The van der Waals surface area contributed by atoms with Crippen molar-refractivity contribution in [2.45, 2.75) is 0 Å². The van der Waals surface area contributed by atoms with Gasteiger partial charge in [0.25, 0.3) is 0 Å². The molecule has 9 aromatic rings. The predicted molar refractivity (Wildman–Crippen MR) is 190 cm³/mol. The molecule has 45 heavy (non-hydrogen) atoms. The van der Waals surface area contributed by atoms with E-state index in [9.17, 15) is 0 Å². The first-order valence-corrected chi connectivity index (χ1v) is 15.4. The van der Waals surface area contributed by atoms with Crippen molar-refractivity contribution in [2.75, 3.05) is 0 Å². The average Bonchev–Trinajstić information content (AvgIpc) is 3.49. The molecule has 0 radical (unpaired) electrons. The van der Waals surface area contributed by atoms with Gasteiger partial charge >= 0.3 is 0 Å². The Morgan fingerprint density at radius 1 is 0.289 bits per heavy atom. The smallest absolute Gasteiger partial charge is 0.136 e. The van der Waals surface area contributed by atoms with Crippen LogP contribution in [0.3, 0.4) is 0 Å². The van der Waals surface area contributed by atoms with Crippen LogP contribution in [-0.4, -0.2) is 0 Å². The molecule has 0 unspecified atom stereocenters. The van der Waals surface area contributed by atoms with Crippen molar-refractivity contribution in [3.8, 4) is 44.5 Å². The normalized spacial score (nSPS) is 11.6. The highest BCUT2D eigenvalue weighted by Crippen LogP contribution is 2.47. The molecule has 0 saturated carbocycles. The first kappa shape index (κ1) is 25.6. The van der Waals surface area contributed by atoms with E-state index >= 15 is 0 Å². The number of hydrogen-bond acceptors (Lipinski definition) is 1. The third-order valence-corrected chi connectivity index (χ3v) is 9.04. The lowest BCUT2D eigenvalue weighted by atomic mass is 9.84. The van der Waals surface area contributed by atoms with Gasteiger partial charge in [-0.3, -0.25) is 0 Å². The van der Waals surface area contributed by atoms with Crippen molar-refractivity contribution in [3.63, 3.8) is 0 Å². The SMILES string of the molecule is c1ccc(-c2cccc(-c3c4ccccc4c(-c4cc(-c5ccccc5)c5c(c4)oc4ccccc45)c4ccccc34)c2)cc1. The van der Waals surface area contributed by atoms with Crippen LogP contribution in [0, 0.1) is 0 Å². The molecule has 210 valence electrons. The molecular formula is C44H28O. The topological polar surface area (TPSA) is 13.1 Å². The predicted octanol–water partition coefficient (Wildman–Crippen LogP) is 12.6. The highest BCUT2D eigenvalue weighted by atomic mass is 16.3. The lowest BCUT2D eigenvalue weighted by molar-refractivity contribution is 0.669. The standard InChI is InChI=1S/C44H28O/c1-3-14-29(15-4-1)31-18-13-19-32(26-31)42-34-20-7-9-22-36(34)43(37-23-10-8-21-35(37)42)33-27-39(30-16-5-2-6-17-30)44-38-24-11-12-25-40(38)45-41(44)28-33/h1-28H. The number of rotatable bonds is 4. The van der Waals surface area contributed by atoms with Gasteiger partial charge in [0, 0.05) is 10.8 Å². The second-order valence-electron chi connectivity index (χ2n) is 11.6. The molecule has 0 saturated heterocycles. The van der Waals surface area contributed by atoms with Gasteiger partial charge in [-0.2, -0.15) is 0 Å². The van der Waals surface area contributed by atoms with E-state index < -0.39 is 0 Å². The summed E-state index contributed by atoms with van der Waals surface area (Å²) in [4.78, 5) is 0. The van der Waals surface area contributed by atoms with Gasteiger partial charge < -0.3 is 4.42 Å². The molecule has 0 spiro atoms. The Balaban J connectivity index is 1.37. The lowest BCUT2D eigenvalue weighted by Crippen LogP contribution is -1.92. The van der Waals surface area contributed by atoms with E-state index in [1.54, 1.807) is 0 Å². The van der Waals surface area contributed by atoms with Crippen LogP contribution in [-0.2, 0) is 0 Å². The van der Waals surface area contributed by atoms with Crippen molar-refractivity contribution in [1.82, 2.24) is 0 Å². The van der Waals surface area contributed by atoms with Crippen molar-refractivity contribution in [2.24, 2.45) is 0 Å². The zero-order valence-corrected chi connectivity index (χ0v) is 24.6. The summed E-state index contributed by atoms with van der Waals surface area (Å²) in [6, 6.07) is 60.9. The molecule has 0 N–H and O–H groups in total. The Labute approximate surface area is 261 Å². The van der Waals surface area contributed by atoms with Crippen molar-refractivity contribution in [3.05, 3.63) is 170 Å². The number of furan rings is 1. The van der Waals surface area contributed by atoms with E-state index in [1.165, 1.54) is 60.5 Å². The average molecular weight is 573 g/mol. The van der Waals surface area contributed by atoms with Gasteiger partial charge in [0.2, 0.25) is 0 Å². The Morgan fingerprint density at radius 2 is 0.778 bits per heavy atom. The third kappa shape index (κ3) is 4.17. The quantitative estimate of drug-likeness (QED) is 0.191. The van der Waals surface area contributed by atoms with Crippen LogP contribution < -0.4 is 0 Å². The summed E-state index contributed by atoms with van der Waals surface area (Å²) in [7, 11) is 0. The van der Waals surface area contributed by atoms with Gasteiger partial charge in [-0.1, -0.05) is 146 Å². The maximum absolute atomic E-state index is 6.55. The molecule has 1 aromatic heterocycles. The minimum Gasteiger partial charge on any atom is -0.456 e. The van der Waals surface area contributed by atoms with Crippen LogP contribution in [0.5, 0.6) is 0 Å². The molecule has 1 heterocycles. The zero-order valence-electron chi connectivity index (χ0n) is 24.6. The number of benzene rings is 8. The van der Waals surface area contributed by atoms with Crippen molar-refractivity contribution >= 4 is 43.5 Å². The second-order valence-corrected chi connectivity index (χ2v) is 11.6. The Bertz CT molecular complexity index is 2460. The fourth-order valence-electron chi connectivity index (χ4n) is 7.08. The molecule has 0 amide bonds. The van der Waals surface area contributed by atoms with Crippen LogP contribution in [0.4, 0.5) is 0 Å². The summed E-state index contributed by atoms with van der Waals surface area (Å²) < 4.78 is 6.55. The van der Waals surface area contributed by atoms with Gasteiger partial charge in [0.15, 0.2) is 0 Å². The third-order valence-electron chi connectivity index (χ3n) is 9.04. The Hall–Kier alpha value is -5.92. The molecule has 0 aliphatic rings. The Morgan fingerprint density at radius 3 is 1.42 bits per heavy atom. The van der Waals surface area contributed by atoms with Gasteiger partial charge in [-0.15, -0.1) is 0 Å². The van der Waals surface area contributed by atoms with Crippen molar-refractivity contribution < 1.29 is 4.42 Å². The summed E-state index contributed by atoms with van der Waals surface area (Å²) >= 11 is 0. The number of para-hydroxylation sites is 1. The second kappa shape index (κ2) is 10.4. The van der Waals surface area contributed by atoms with E-state index in [0.29, 0.717) is 0 Å². The molecule has 0 aliphatic carbocycles. The van der Waals surface area contributed by atoms with Crippen molar-refractivity contribution in [1.29, 1.82) is 0 Å². The highest BCUT2D eigenvalue weighted by Gasteiger charge is 2.20. The Kier molecular flexibility index (Phi) is 5.89. The largest absolute Gasteiger partial charge is 0.456 e. The molecular weight excluding hydrogens is 544 g/mol. The van der Waals surface area contributed by atoms with E-state index in [1.807, 2.05) is 6.07 Å². The summed E-state index contributed by atoms with van der Waals surface area (Å²) in [5, 5.41) is 7.23. The van der Waals surface area contributed by atoms with Crippen LogP contribution in [0.25, 0.3) is 88.0 Å². The monoisotopic (exact) mass is 572 g/mol. The van der Waals surface area contributed by atoms with E-state index in [-0.39, 0.29) is 0 Å². The number of fused-ring (bicyclic) bond motifs is 5. The van der Waals surface area contributed by atoms with Crippen LogP contribution in [0.1, 0.15) is 0 Å². The minimum atomic E-state index is 0.903. The summed E-state index contributed by atoms with van der Waals surface area (Å²) in [6.07, 6.45) is 0. The van der Waals surface area contributed by atoms with Gasteiger partial charge in [-0.25, -0.2) is 0 Å². The number of hydrogen-bond donors (Lipinski definition) is 0. The van der Waals surface area contributed by atoms with E-state index in [4.69, 9.17) is 4.42 Å². The molecule has 0 atom stereocenters. The summed E-state index contributed by atoms with van der Waals surface area (Å²) in [5.74, 6) is 0. The molecule has 0 aliphatic heterocycles. The zero-order chi connectivity index (χ0) is 29.7. The highest BCUT2D eigenvalue weighted by molar-refractivity contribution is 6.23. The van der Waals surface area contributed by atoms with Gasteiger partial charge in [0.1, 0.15) is 11.2 Å². The maximum atomic E-state index is 6.55. The van der Waals surface area contributed by atoms with Crippen LogP contribution >= 0.6 is 0 Å². The van der Waals surface area contributed by atoms with E-state index in [2.05, 4.69) is 164 Å². The molecule has 1 heteroatoms. The minimum absolute atomic E-state index is 0.903. The fourth-order valence-corrected chi connectivity index (χ4v) is 7.08. The molecule has 0 fully saturated rings. The molecule has 1 nitrogen and oxygen atoms in total. The maximum Gasteiger partial charge on any atom is 0.136 e. The van der Waals surface area contributed by atoms with E-state index in [0.717, 1.165) is 27.5 Å².